The zero-order valence-corrected chi connectivity index (χ0v) is 9.84. The lowest BCUT2D eigenvalue weighted by molar-refractivity contribution is 0.350. The number of hydrogen-bond donors (Lipinski definition) is 1. The number of nitrogens with zero attached hydrogens (tertiary/aromatic N) is 2. The molecule has 1 aromatic carbocycles. The molecule has 0 spiro atoms. The van der Waals surface area contributed by atoms with Crippen molar-refractivity contribution < 1.29 is 4.42 Å². The SMILES string of the molecule is c1coc([C@H]2NCCc3nc4ccccc4n32)c1. The highest BCUT2D eigenvalue weighted by molar-refractivity contribution is 5.76. The van der Waals surface area contributed by atoms with Crippen LogP contribution < -0.4 is 5.32 Å². The quantitative estimate of drug-likeness (QED) is 0.708. The molecule has 1 atom stereocenters. The summed E-state index contributed by atoms with van der Waals surface area (Å²) in [4.78, 5) is 4.69. The van der Waals surface area contributed by atoms with Crippen LogP contribution in [-0.2, 0) is 6.42 Å². The third kappa shape index (κ3) is 1.32. The Labute approximate surface area is 104 Å². The average Bonchev–Trinajstić information content (AvgIpc) is 3.05. The number of nitrogens with one attached hydrogen (secondary N) is 1. The van der Waals surface area contributed by atoms with Gasteiger partial charge in [0, 0.05) is 13.0 Å². The molecular weight excluding hydrogens is 226 g/mol. The first-order valence-electron chi connectivity index (χ1n) is 6.16. The van der Waals surface area contributed by atoms with Gasteiger partial charge in [0.25, 0.3) is 0 Å². The molecule has 0 saturated heterocycles. The molecule has 3 heterocycles. The minimum Gasteiger partial charge on any atom is -0.466 e. The number of fused-ring (bicyclic) bond motifs is 3. The summed E-state index contributed by atoms with van der Waals surface area (Å²) in [7, 11) is 0. The maximum absolute atomic E-state index is 5.54. The van der Waals surface area contributed by atoms with Gasteiger partial charge in [0.15, 0.2) is 0 Å². The molecule has 1 aliphatic heterocycles. The highest BCUT2D eigenvalue weighted by Gasteiger charge is 2.25. The standard InChI is InChI=1S/C14H13N3O/c1-2-5-11-10(4-1)16-13-7-8-15-14(17(11)13)12-6-3-9-18-12/h1-6,9,14-15H,7-8H2/t14-/m0/s1. The number of hydrogen-bond acceptors (Lipinski definition) is 3. The van der Waals surface area contributed by atoms with Crippen LogP contribution in [0.1, 0.15) is 17.8 Å². The van der Waals surface area contributed by atoms with Crippen molar-refractivity contribution in [1.82, 2.24) is 14.9 Å². The van der Waals surface area contributed by atoms with Gasteiger partial charge in [-0.2, -0.15) is 0 Å². The lowest BCUT2D eigenvalue weighted by atomic mass is 10.2. The van der Waals surface area contributed by atoms with Gasteiger partial charge in [-0.25, -0.2) is 4.98 Å². The van der Waals surface area contributed by atoms with E-state index in [-0.39, 0.29) is 6.17 Å². The molecule has 0 bridgehead atoms. The largest absolute Gasteiger partial charge is 0.466 e. The van der Waals surface area contributed by atoms with Gasteiger partial charge in [-0.1, -0.05) is 12.1 Å². The Morgan fingerprint density at radius 1 is 1.22 bits per heavy atom. The van der Waals surface area contributed by atoms with Crippen LogP contribution in [0.5, 0.6) is 0 Å². The van der Waals surface area contributed by atoms with Gasteiger partial charge in [0.2, 0.25) is 0 Å². The Bertz CT molecular complexity index is 684. The molecule has 90 valence electrons. The van der Waals surface area contributed by atoms with Crippen molar-refractivity contribution in [3.63, 3.8) is 0 Å². The number of para-hydroxylation sites is 2. The zero-order valence-electron chi connectivity index (χ0n) is 9.84. The van der Waals surface area contributed by atoms with E-state index < -0.39 is 0 Å². The molecule has 0 aliphatic carbocycles. The Kier molecular flexibility index (Phi) is 2.04. The van der Waals surface area contributed by atoms with E-state index >= 15 is 0 Å². The normalized spacial score (nSPS) is 19.0. The second-order valence-electron chi connectivity index (χ2n) is 4.51. The van der Waals surface area contributed by atoms with Crippen molar-refractivity contribution in [3.05, 3.63) is 54.2 Å². The van der Waals surface area contributed by atoms with Gasteiger partial charge < -0.3 is 8.98 Å². The van der Waals surface area contributed by atoms with Gasteiger partial charge in [-0.15, -0.1) is 0 Å². The van der Waals surface area contributed by atoms with Crippen molar-refractivity contribution in [1.29, 1.82) is 0 Å². The van der Waals surface area contributed by atoms with Crippen LogP contribution in [0.15, 0.2) is 47.1 Å². The van der Waals surface area contributed by atoms with Crippen molar-refractivity contribution in [2.24, 2.45) is 0 Å². The first-order valence-corrected chi connectivity index (χ1v) is 6.16. The van der Waals surface area contributed by atoms with Gasteiger partial charge in [-0.3, -0.25) is 5.32 Å². The number of rotatable bonds is 1. The summed E-state index contributed by atoms with van der Waals surface area (Å²) in [6.45, 7) is 0.925. The van der Waals surface area contributed by atoms with Crippen LogP contribution in [0.25, 0.3) is 11.0 Å². The Morgan fingerprint density at radius 2 is 2.17 bits per heavy atom. The van der Waals surface area contributed by atoms with Gasteiger partial charge >= 0.3 is 0 Å². The van der Waals surface area contributed by atoms with Crippen molar-refractivity contribution in [2.75, 3.05) is 6.54 Å². The molecular formula is C14H13N3O. The van der Waals surface area contributed by atoms with E-state index in [1.807, 2.05) is 24.3 Å². The molecule has 1 aliphatic rings. The van der Waals surface area contributed by atoms with Crippen molar-refractivity contribution in [3.8, 4) is 0 Å². The van der Waals surface area contributed by atoms with E-state index in [0.717, 1.165) is 35.6 Å². The lowest BCUT2D eigenvalue weighted by Crippen LogP contribution is -2.35. The van der Waals surface area contributed by atoms with E-state index in [1.165, 1.54) is 0 Å². The predicted octanol–water partition coefficient (Wildman–Crippen LogP) is 2.32. The fraction of sp³-hybridized carbons (Fsp3) is 0.214. The van der Waals surface area contributed by atoms with Crippen LogP contribution in [0.2, 0.25) is 0 Å². The summed E-state index contributed by atoms with van der Waals surface area (Å²) in [6, 6.07) is 12.2. The summed E-state index contributed by atoms with van der Waals surface area (Å²) in [5.74, 6) is 2.05. The number of furan rings is 1. The molecule has 0 fully saturated rings. The Hall–Kier alpha value is -2.07. The summed E-state index contributed by atoms with van der Waals surface area (Å²) >= 11 is 0. The molecule has 0 saturated carbocycles. The lowest BCUT2D eigenvalue weighted by Gasteiger charge is -2.25. The Morgan fingerprint density at radius 3 is 3.06 bits per heavy atom. The topological polar surface area (TPSA) is 43.0 Å². The molecule has 0 radical (unpaired) electrons. The van der Waals surface area contributed by atoms with Crippen molar-refractivity contribution in [2.45, 2.75) is 12.6 Å². The van der Waals surface area contributed by atoms with E-state index in [1.54, 1.807) is 6.26 Å². The molecule has 0 unspecified atom stereocenters. The number of benzene rings is 1. The summed E-state index contributed by atoms with van der Waals surface area (Å²) in [5.41, 5.74) is 2.20. The predicted molar refractivity (Wildman–Crippen MR) is 68.3 cm³/mol. The molecule has 18 heavy (non-hydrogen) atoms. The van der Waals surface area contributed by atoms with Crippen LogP contribution in [0.3, 0.4) is 0 Å². The fourth-order valence-corrected chi connectivity index (χ4v) is 2.65. The van der Waals surface area contributed by atoms with Crippen molar-refractivity contribution >= 4 is 11.0 Å². The summed E-state index contributed by atoms with van der Waals surface area (Å²) in [6.07, 6.45) is 2.71. The minimum atomic E-state index is 0.0520. The zero-order chi connectivity index (χ0) is 11.9. The van der Waals surface area contributed by atoms with E-state index in [9.17, 15) is 0 Å². The first kappa shape index (κ1) is 9.91. The summed E-state index contributed by atoms with van der Waals surface area (Å²) in [5, 5.41) is 3.49. The average molecular weight is 239 g/mol. The number of imidazole rings is 1. The molecule has 2 aromatic heterocycles. The molecule has 4 heteroatoms. The maximum atomic E-state index is 5.54. The van der Waals surface area contributed by atoms with Gasteiger partial charge in [0.05, 0.1) is 17.3 Å². The Balaban J connectivity index is 1.97. The highest BCUT2D eigenvalue weighted by Crippen LogP contribution is 2.27. The fourth-order valence-electron chi connectivity index (χ4n) is 2.65. The number of aromatic nitrogens is 2. The third-order valence-electron chi connectivity index (χ3n) is 3.43. The molecule has 4 nitrogen and oxygen atoms in total. The van der Waals surface area contributed by atoms with Crippen LogP contribution in [0, 0.1) is 0 Å². The maximum Gasteiger partial charge on any atom is 0.145 e. The highest BCUT2D eigenvalue weighted by atomic mass is 16.3. The molecule has 0 amide bonds. The second kappa shape index (κ2) is 3.71. The first-order chi connectivity index (χ1) is 8.93. The molecule has 3 aromatic rings. The van der Waals surface area contributed by atoms with E-state index in [0.29, 0.717) is 0 Å². The second-order valence-corrected chi connectivity index (χ2v) is 4.51. The van der Waals surface area contributed by atoms with Crippen LogP contribution >= 0.6 is 0 Å². The van der Waals surface area contributed by atoms with E-state index in [2.05, 4.69) is 22.0 Å². The summed E-state index contributed by atoms with van der Waals surface area (Å²) < 4.78 is 7.77. The monoisotopic (exact) mass is 239 g/mol. The smallest absolute Gasteiger partial charge is 0.145 e. The third-order valence-corrected chi connectivity index (χ3v) is 3.43. The molecule has 1 N–H and O–H groups in total. The van der Waals surface area contributed by atoms with Crippen LogP contribution in [0.4, 0.5) is 0 Å². The molecule has 4 rings (SSSR count). The van der Waals surface area contributed by atoms with Gasteiger partial charge in [0.1, 0.15) is 17.8 Å². The minimum absolute atomic E-state index is 0.0520. The van der Waals surface area contributed by atoms with Gasteiger partial charge in [-0.05, 0) is 24.3 Å². The van der Waals surface area contributed by atoms with Crippen LogP contribution in [-0.4, -0.2) is 16.1 Å². The van der Waals surface area contributed by atoms with E-state index in [4.69, 9.17) is 9.40 Å².